The normalized spacial score (nSPS) is 10.8. The monoisotopic (exact) mass is 322 g/mol. The highest BCUT2D eigenvalue weighted by molar-refractivity contribution is 14.1. The molecule has 0 saturated carbocycles. The lowest BCUT2D eigenvalue weighted by Crippen LogP contribution is -1.77. The van der Waals surface area contributed by atoms with Crippen LogP contribution in [0.15, 0.2) is 47.1 Å². The van der Waals surface area contributed by atoms with Gasteiger partial charge in [-0.25, -0.2) is 4.98 Å². The average molecular weight is 322 g/mol. The number of rotatable bonds is 1. The van der Waals surface area contributed by atoms with E-state index in [0.29, 0.717) is 5.89 Å². The predicted octanol–water partition coefficient (Wildman–Crippen LogP) is 3.49. The molecule has 0 bridgehead atoms. The number of benzene rings is 1. The van der Waals surface area contributed by atoms with Crippen molar-refractivity contribution in [1.82, 2.24) is 9.97 Å². The van der Waals surface area contributed by atoms with E-state index in [1.54, 1.807) is 12.4 Å². The van der Waals surface area contributed by atoms with Crippen molar-refractivity contribution in [3.63, 3.8) is 0 Å². The van der Waals surface area contributed by atoms with Gasteiger partial charge in [-0.3, -0.25) is 4.98 Å². The predicted molar refractivity (Wildman–Crippen MR) is 70.0 cm³/mol. The minimum absolute atomic E-state index is 0.638. The summed E-state index contributed by atoms with van der Waals surface area (Å²) >= 11 is 2.27. The van der Waals surface area contributed by atoms with Crippen LogP contribution in [0.5, 0.6) is 0 Å². The minimum Gasteiger partial charge on any atom is -0.436 e. The van der Waals surface area contributed by atoms with Crippen molar-refractivity contribution in [2.45, 2.75) is 0 Å². The number of hydrogen-bond donors (Lipinski definition) is 0. The number of halogens is 1. The fourth-order valence-corrected chi connectivity index (χ4v) is 1.86. The van der Waals surface area contributed by atoms with Crippen molar-refractivity contribution in [3.05, 3.63) is 46.3 Å². The summed E-state index contributed by atoms with van der Waals surface area (Å²) in [6.45, 7) is 0. The second-order valence-electron chi connectivity index (χ2n) is 3.37. The van der Waals surface area contributed by atoms with E-state index < -0.39 is 0 Å². The van der Waals surface area contributed by atoms with Crippen LogP contribution in [0.4, 0.5) is 0 Å². The zero-order chi connectivity index (χ0) is 11.0. The summed E-state index contributed by atoms with van der Waals surface area (Å²) in [5.41, 5.74) is 2.54. The van der Waals surface area contributed by atoms with Crippen molar-refractivity contribution >= 4 is 33.7 Å². The van der Waals surface area contributed by atoms with Crippen LogP contribution in [0.1, 0.15) is 0 Å². The van der Waals surface area contributed by atoms with Gasteiger partial charge >= 0.3 is 0 Å². The number of aromatic nitrogens is 2. The van der Waals surface area contributed by atoms with Gasteiger partial charge in [-0.1, -0.05) is 0 Å². The van der Waals surface area contributed by atoms with Crippen LogP contribution in [0.2, 0.25) is 0 Å². The van der Waals surface area contributed by atoms with E-state index in [1.165, 1.54) is 3.57 Å². The Morgan fingerprint density at radius 3 is 2.62 bits per heavy atom. The first-order valence-electron chi connectivity index (χ1n) is 4.79. The number of nitrogens with zero attached hydrogens (tertiary/aromatic N) is 2. The Kier molecular flexibility index (Phi) is 2.36. The first-order chi connectivity index (χ1) is 7.83. The van der Waals surface area contributed by atoms with Crippen LogP contribution in [0, 0.1) is 3.57 Å². The summed E-state index contributed by atoms with van der Waals surface area (Å²) in [7, 11) is 0. The molecule has 2 aromatic heterocycles. The molecule has 3 aromatic rings. The first kappa shape index (κ1) is 9.77. The third kappa shape index (κ3) is 1.69. The van der Waals surface area contributed by atoms with Crippen LogP contribution in [-0.4, -0.2) is 9.97 Å². The number of hydrogen-bond acceptors (Lipinski definition) is 3. The van der Waals surface area contributed by atoms with Crippen LogP contribution < -0.4 is 0 Å². The van der Waals surface area contributed by atoms with Gasteiger partial charge in [-0.2, -0.15) is 0 Å². The highest BCUT2D eigenvalue weighted by atomic mass is 127. The van der Waals surface area contributed by atoms with E-state index in [0.717, 1.165) is 16.7 Å². The molecule has 4 heteroatoms. The third-order valence-electron chi connectivity index (χ3n) is 2.28. The Labute approximate surface area is 106 Å². The van der Waals surface area contributed by atoms with Crippen molar-refractivity contribution in [2.24, 2.45) is 0 Å². The fraction of sp³-hybridized carbons (Fsp3) is 0. The molecule has 3 rings (SSSR count). The Morgan fingerprint density at radius 2 is 1.88 bits per heavy atom. The van der Waals surface area contributed by atoms with Crippen LogP contribution in [0.25, 0.3) is 22.6 Å². The van der Waals surface area contributed by atoms with Crippen LogP contribution >= 0.6 is 22.6 Å². The summed E-state index contributed by atoms with van der Waals surface area (Å²) in [6.07, 6.45) is 3.40. The summed E-state index contributed by atoms with van der Waals surface area (Å²) in [6, 6.07) is 9.88. The van der Waals surface area contributed by atoms with Crippen molar-refractivity contribution in [1.29, 1.82) is 0 Å². The lowest BCUT2D eigenvalue weighted by molar-refractivity contribution is 0.619. The molecule has 3 nitrogen and oxygen atoms in total. The quantitative estimate of drug-likeness (QED) is 0.644. The van der Waals surface area contributed by atoms with Crippen molar-refractivity contribution in [2.75, 3.05) is 0 Å². The Balaban J connectivity index is 2.15. The summed E-state index contributed by atoms with van der Waals surface area (Å²) in [4.78, 5) is 8.39. The van der Waals surface area contributed by atoms with Gasteiger partial charge in [0, 0.05) is 21.4 Å². The maximum atomic E-state index is 5.64. The molecule has 0 aliphatic heterocycles. The molecule has 0 aliphatic carbocycles. The molecule has 0 amide bonds. The van der Waals surface area contributed by atoms with Gasteiger partial charge in [0.05, 0.1) is 6.20 Å². The van der Waals surface area contributed by atoms with E-state index in [4.69, 9.17) is 4.42 Å². The molecule has 0 radical (unpaired) electrons. The van der Waals surface area contributed by atoms with Gasteiger partial charge in [-0.05, 0) is 46.9 Å². The second kappa shape index (κ2) is 3.86. The third-order valence-corrected chi connectivity index (χ3v) is 3.00. The number of oxazole rings is 1. The Hall–Kier alpha value is -1.43. The smallest absolute Gasteiger partial charge is 0.227 e. The molecule has 1 aromatic carbocycles. The molecule has 0 spiro atoms. The fourth-order valence-electron chi connectivity index (χ4n) is 1.50. The molecule has 16 heavy (non-hydrogen) atoms. The Bertz CT molecular complexity index is 598. The zero-order valence-corrected chi connectivity index (χ0v) is 10.4. The van der Waals surface area contributed by atoms with E-state index in [2.05, 4.69) is 32.6 Å². The molecular formula is C12H7IN2O. The molecule has 0 N–H and O–H groups in total. The van der Waals surface area contributed by atoms with Crippen molar-refractivity contribution in [3.8, 4) is 11.5 Å². The van der Waals surface area contributed by atoms with Gasteiger partial charge in [0.25, 0.3) is 0 Å². The minimum atomic E-state index is 0.638. The Morgan fingerprint density at radius 1 is 1.06 bits per heavy atom. The van der Waals surface area contributed by atoms with E-state index >= 15 is 0 Å². The topological polar surface area (TPSA) is 38.9 Å². The first-order valence-corrected chi connectivity index (χ1v) is 5.87. The number of pyridine rings is 1. The van der Waals surface area contributed by atoms with Crippen LogP contribution in [0.3, 0.4) is 0 Å². The summed E-state index contributed by atoms with van der Waals surface area (Å²) in [5, 5.41) is 0. The molecule has 0 saturated heterocycles. The molecule has 2 heterocycles. The van der Waals surface area contributed by atoms with Gasteiger partial charge < -0.3 is 4.42 Å². The molecular weight excluding hydrogens is 315 g/mol. The standard InChI is InChI=1S/C12H7IN2O/c13-9-3-1-8(2-4-9)12-15-10-7-14-6-5-11(10)16-12/h1-7H. The highest BCUT2D eigenvalue weighted by Gasteiger charge is 2.07. The SMILES string of the molecule is Ic1ccc(-c2nc3cnccc3o2)cc1. The molecule has 0 atom stereocenters. The van der Waals surface area contributed by atoms with Gasteiger partial charge in [0.15, 0.2) is 5.58 Å². The summed E-state index contributed by atoms with van der Waals surface area (Å²) in [5.74, 6) is 0.638. The average Bonchev–Trinajstić information content (AvgIpc) is 2.73. The maximum Gasteiger partial charge on any atom is 0.227 e. The lowest BCUT2D eigenvalue weighted by Gasteiger charge is -1.94. The van der Waals surface area contributed by atoms with Gasteiger partial charge in [0.2, 0.25) is 5.89 Å². The van der Waals surface area contributed by atoms with E-state index in [-0.39, 0.29) is 0 Å². The molecule has 0 unspecified atom stereocenters. The zero-order valence-electron chi connectivity index (χ0n) is 8.22. The molecule has 78 valence electrons. The largest absolute Gasteiger partial charge is 0.436 e. The summed E-state index contributed by atoms with van der Waals surface area (Å²) < 4.78 is 6.83. The van der Waals surface area contributed by atoms with Crippen LogP contribution in [-0.2, 0) is 0 Å². The van der Waals surface area contributed by atoms with Crippen molar-refractivity contribution < 1.29 is 4.42 Å². The lowest BCUT2D eigenvalue weighted by atomic mass is 10.2. The van der Waals surface area contributed by atoms with E-state index in [9.17, 15) is 0 Å². The van der Waals surface area contributed by atoms with Gasteiger partial charge in [0.1, 0.15) is 5.52 Å². The maximum absolute atomic E-state index is 5.64. The molecule has 0 fully saturated rings. The molecule has 0 aliphatic rings. The second-order valence-corrected chi connectivity index (χ2v) is 4.61. The van der Waals surface area contributed by atoms with E-state index in [1.807, 2.05) is 30.3 Å². The van der Waals surface area contributed by atoms with Gasteiger partial charge in [-0.15, -0.1) is 0 Å². The highest BCUT2D eigenvalue weighted by Crippen LogP contribution is 2.23. The number of fused-ring (bicyclic) bond motifs is 1.